The van der Waals surface area contributed by atoms with Gasteiger partial charge in [-0.1, -0.05) is 11.6 Å². The lowest BCUT2D eigenvalue weighted by Crippen LogP contribution is -2.30. The van der Waals surface area contributed by atoms with Gasteiger partial charge in [0.2, 0.25) is 0 Å². The first-order valence-electron chi connectivity index (χ1n) is 7.00. The van der Waals surface area contributed by atoms with E-state index in [9.17, 15) is 14.0 Å². The summed E-state index contributed by atoms with van der Waals surface area (Å²) in [7, 11) is 1.48. The number of benzene rings is 2. The molecule has 2 aromatic rings. The number of hydrogen-bond donors (Lipinski definition) is 1. The summed E-state index contributed by atoms with van der Waals surface area (Å²) >= 11 is 5.86. The van der Waals surface area contributed by atoms with Crippen LogP contribution in [-0.2, 0) is 4.79 Å². The first-order chi connectivity index (χ1) is 11.4. The Labute approximate surface area is 143 Å². The third kappa shape index (κ3) is 4.23. The maximum absolute atomic E-state index is 13.0. The van der Waals surface area contributed by atoms with Crippen LogP contribution in [0.3, 0.4) is 0 Å². The molecule has 1 N–H and O–H groups in total. The molecule has 0 aromatic heterocycles. The predicted molar refractivity (Wildman–Crippen MR) is 88.5 cm³/mol. The molecule has 0 saturated heterocycles. The van der Waals surface area contributed by atoms with Crippen molar-refractivity contribution in [3.8, 4) is 11.5 Å². The summed E-state index contributed by atoms with van der Waals surface area (Å²) in [5.41, 5.74) is 0.526. The minimum atomic E-state index is -0.904. The first-order valence-corrected chi connectivity index (χ1v) is 7.38. The van der Waals surface area contributed by atoms with Crippen molar-refractivity contribution >= 4 is 29.5 Å². The van der Waals surface area contributed by atoms with Crippen molar-refractivity contribution in [2.24, 2.45) is 0 Å². The largest absolute Gasteiger partial charge is 0.497 e. The van der Waals surface area contributed by atoms with Crippen LogP contribution >= 0.6 is 11.6 Å². The normalized spacial score (nSPS) is 11.5. The summed E-state index contributed by atoms with van der Waals surface area (Å²) in [5, 5.41) is 2.62. The molecule has 2 rings (SSSR count). The van der Waals surface area contributed by atoms with Gasteiger partial charge in [0.05, 0.1) is 23.4 Å². The summed E-state index contributed by atoms with van der Waals surface area (Å²) in [6.07, 6.45) is -0.294. The van der Waals surface area contributed by atoms with Crippen LogP contribution in [0.1, 0.15) is 17.3 Å². The maximum Gasteiger partial charge on any atom is 0.265 e. The SMILES string of the molecule is COc1ccc(O[C@H](C)C(=O)Nc2ccc(F)cc2Cl)c(C=O)c1. The molecule has 0 heterocycles. The molecule has 0 fully saturated rings. The Bertz CT molecular complexity index is 766. The Morgan fingerprint density at radius 2 is 2.04 bits per heavy atom. The minimum Gasteiger partial charge on any atom is -0.497 e. The molecule has 0 unspecified atom stereocenters. The molecule has 2 aromatic carbocycles. The fourth-order valence-corrected chi connectivity index (χ4v) is 2.14. The van der Waals surface area contributed by atoms with Crippen molar-refractivity contribution < 1.29 is 23.5 Å². The highest BCUT2D eigenvalue weighted by atomic mass is 35.5. The lowest BCUT2D eigenvalue weighted by atomic mass is 10.2. The van der Waals surface area contributed by atoms with Crippen molar-refractivity contribution in [3.05, 3.63) is 52.8 Å². The number of methoxy groups -OCH3 is 1. The van der Waals surface area contributed by atoms with Gasteiger partial charge < -0.3 is 14.8 Å². The summed E-state index contributed by atoms with van der Waals surface area (Å²) in [5.74, 6) is -0.245. The van der Waals surface area contributed by atoms with E-state index in [2.05, 4.69) is 5.32 Å². The molecule has 126 valence electrons. The molecular weight excluding hydrogens is 337 g/mol. The second-order valence-corrected chi connectivity index (χ2v) is 5.30. The Morgan fingerprint density at radius 3 is 2.67 bits per heavy atom. The Balaban J connectivity index is 2.10. The van der Waals surface area contributed by atoms with Crippen LogP contribution in [0.2, 0.25) is 5.02 Å². The first kappa shape index (κ1) is 17.7. The lowest BCUT2D eigenvalue weighted by molar-refractivity contribution is -0.122. The molecule has 0 aliphatic rings. The molecule has 7 heteroatoms. The lowest BCUT2D eigenvalue weighted by Gasteiger charge is -2.16. The van der Waals surface area contributed by atoms with Gasteiger partial charge in [-0.2, -0.15) is 0 Å². The third-order valence-corrected chi connectivity index (χ3v) is 3.52. The van der Waals surface area contributed by atoms with Gasteiger partial charge in [0, 0.05) is 0 Å². The number of amides is 1. The Kier molecular flexibility index (Phi) is 5.76. The molecule has 0 saturated carbocycles. The van der Waals surface area contributed by atoms with Gasteiger partial charge in [0.25, 0.3) is 5.91 Å². The van der Waals surface area contributed by atoms with Gasteiger partial charge >= 0.3 is 0 Å². The quantitative estimate of drug-likeness (QED) is 0.806. The Morgan fingerprint density at radius 1 is 1.29 bits per heavy atom. The molecular formula is C17H15ClFNO4. The summed E-state index contributed by atoms with van der Waals surface area (Å²) in [6.45, 7) is 1.52. The zero-order chi connectivity index (χ0) is 17.7. The zero-order valence-corrected chi connectivity index (χ0v) is 13.8. The molecule has 0 aliphatic heterocycles. The average molecular weight is 352 g/mol. The fraction of sp³-hybridized carbons (Fsp3) is 0.176. The smallest absolute Gasteiger partial charge is 0.265 e. The molecule has 5 nitrogen and oxygen atoms in total. The van der Waals surface area contributed by atoms with Crippen molar-refractivity contribution in [1.29, 1.82) is 0 Å². The van der Waals surface area contributed by atoms with Crippen LogP contribution in [0.25, 0.3) is 0 Å². The standard InChI is InChI=1S/C17H15ClFNO4/c1-10(17(22)20-15-5-3-12(19)8-14(15)18)24-16-6-4-13(23-2)7-11(16)9-21/h3-10H,1-2H3,(H,20,22)/t10-/m1/s1. The fourth-order valence-electron chi connectivity index (χ4n) is 1.92. The van der Waals surface area contributed by atoms with E-state index in [1.54, 1.807) is 6.07 Å². The monoisotopic (exact) mass is 351 g/mol. The van der Waals surface area contributed by atoms with Crippen LogP contribution in [0.4, 0.5) is 10.1 Å². The van der Waals surface area contributed by atoms with Gasteiger partial charge in [-0.05, 0) is 43.3 Å². The van der Waals surface area contributed by atoms with Crippen molar-refractivity contribution in [1.82, 2.24) is 0 Å². The Hall–Kier alpha value is -2.60. The molecule has 0 bridgehead atoms. The van der Waals surface area contributed by atoms with Gasteiger partial charge in [-0.3, -0.25) is 9.59 Å². The highest BCUT2D eigenvalue weighted by Gasteiger charge is 2.18. The molecule has 24 heavy (non-hydrogen) atoms. The predicted octanol–water partition coefficient (Wildman–Crippen LogP) is 3.71. The number of halogens is 2. The van der Waals surface area contributed by atoms with Crippen LogP contribution in [-0.4, -0.2) is 25.4 Å². The van der Waals surface area contributed by atoms with Gasteiger partial charge in [-0.25, -0.2) is 4.39 Å². The van der Waals surface area contributed by atoms with Crippen LogP contribution in [0.15, 0.2) is 36.4 Å². The number of ether oxygens (including phenoxy) is 2. The van der Waals surface area contributed by atoms with Gasteiger partial charge in [0.15, 0.2) is 12.4 Å². The molecule has 0 spiro atoms. The molecule has 1 amide bonds. The summed E-state index contributed by atoms with van der Waals surface area (Å²) in [6, 6.07) is 8.29. The third-order valence-electron chi connectivity index (χ3n) is 3.21. The topological polar surface area (TPSA) is 64.6 Å². The highest BCUT2D eigenvalue weighted by Crippen LogP contribution is 2.25. The number of aldehydes is 1. The number of rotatable bonds is 6. The van der Waals surface area contributed by atoms with Crippen LogP contribution in [0.5, 0.6) is 11.5 Å². The number of anilines is 1. The van der Waals surface area contributed by atoms with E-state index >= 15 is 0 Å². The number of carbonyl (C=O) groups is 2. The van der Waals surface area contributed by atoms with E-state index in [4.69, 9.17) is 21.1 Å². The number of carbonyl (C=O) groups excluding carboxylic acids is 2. The molecule has 1 atom stereocenters. The average Bonchev–Trinajstić information content (AvgIpc) is 2.57. The second kappa shape index (κ2) is 7.79. The zero-order valence-electron chi connectivity index (χ0n) is 13.0. The maximum atomic E-state index is 13.0. The molecule has 0 aliphatic carbocycles. The van der Waals surface area contributed by atoms with Crippen molar-refractivity contribution in [2.45, 2.75) is 13.0 Å². The minimum absolute atomic E-state index is 0.0774. The summed E-state index contributed by atoms with van der Waals surface area (Å²) < 4.78 is 23.6. The second-order valence-electron chi connectivity index (χ2n) is 4.90. The number of nitrogens with one attached hydrogen (secondary N) is 1. The number of hydrogen-bond acceptors (Lipinski definition) is 4. The molecule has 0 radical (unpaired) electrons. The van der Waals surface area contributed by atoms with E-state index in [1.165, 1.54) is 38.3 Å². The van der Waals surface area contributed by atoms with Crippen LogP contribution in [0, 0.1) is 5.82 Å². The van der Waals surface area contributed by atoms with Crippen LogP contribution < -0.4 is 14.8 Å². The van der Waals surface area contributed by atoms with Gasteiger partial charge in [-0.15, -0.1) is 0 Å². The highest BCUT2D eigenvalue weighted by molar-refractivity contribution is 6.33. The van der Waals surface area contributed by atoms with Crippen molar-refractivity contribution in [2.75, 3.05) is 12.4 Å². The van der Waals surface area contributed by atoms with E-state index in [-0.39, 0.29) is 22.0 Å². The van der Waals surface area contributed by atoms with Gasteiger partial charge in [0.1, 0.15) is 17.3 Å². The van der Waals surface area contributed by atoms with Crippen molar-refractivity contribution in [3.63, 3.8) is 0 Å². The van der Waals surface area contributed by atoms with E-state index in [0.29, 0.717) is 12.0 Å². The van der Waals surface area contributed by atoms with E-state index < -0.39 is 17.8 Å². The van der Waals surface area contributed by atoms with E-state index in [0.717, 1.165) is 6.07 Å². The summed E-state index contributed by atoms with van der Waals surface area (Å²) in [4.78, 5) is 23.3. The van der Waals surface area contributed by atoms with E-state index in [1.807, 2.05) is 0 Å².